The summed E-state index contributed by atoms with van der Waals surface area (Å²) in [5, 5.41) is 0. The topological polar surface area (TPSA) is 44.9 Å². The van der Waals surface area contributed by atoms with E-state index in [2.05, 4.69) is 34.2 Å². The van der Waals surface area contributed by atoms with Gasteiger partial charge in [0.15, 0.2) is 0 Å². The van der Waals surface area contributed by atoms with Crippen molar-refractivity contribution in [1.29, 1.82) is 0 Å². The van der Waals surface area contributed by atoms with Crippen LogP contribution in [0.3, 0.4) is 0 Å². The third-order valence-corrected chi connectivity index (χ3v) is 3.93. The molecule has 0 unspecified atom stereocenters. The van der Waals surface area contributed by atoms with Crippen molar-refractivity contribution < 1.29 is 4.74 Å². The summed E-state index contributed by atoms with van der Waals surface area (Å²) in [6, 6.07) is 16.3. The van der Waals surface area contributed by atoms with Gasteiger partial charge in [0, 0.05) is 37.9 Å². The number of hydrogen-bond donors (Lipinski definition) is 0. The number of benzene rings is 2. The molecule has 2 aromatic carbocycles. The Morgan fingerprint density at radius 3 is 1.44 bits per heavy atom. The van der Waals surface area contributed by atoms with Gasteiger partial charge in [-0.15, -0.1) is 0 Å². The third kappa shape index (κ3) is 3.95. The number of rotatable bonds is 6. The van der Waals surface area contributed by atoms with E-state index >= 15 is 0 Å². The predicted molar refractivity (Wildman–Crippen MR) is 95.6 cm³/mol. The summed E-state index contributed by atoms with van der Waals surface area (Å²) < 4.78 is 9.99. The van der Waals surface area contributed by atoms with Gasteiger partial charge < -0.3 is 13.9 Å². The summed E-state index contributed by atoms with van der Waals surface area (Å²) in [6.45, 7) is 1.62. The highest BCUT2D eigenvalue weighted by Gasteiger charge is 2.00. The average Bonchev–Trinajstić information content (AvgIpc) is 3.33. The smallest absolute Gasteiger partial charge is 0.127 e. The van der Waals surface area contributed by atoms with Crippen LogP contribution in [0.15, 0.2) is 86.0 Å². The van der Waals surface area contributed by atoms with Gasteiger partial charge in [0.25, 0.3) is 0 Å². The van der Waals surface area contributed by atoms with Crippen molar-refractivity contribution in [2.24, 2.45) is 0 Å². The lowest BCUT2D eigenvalue weighted by Gasteiger charge is -2.08. The van der Waals surface area contributed by atoms with Gasteiger partial charge in [-0.05, 0) is 35.4 Å². The average molecular weight is 330 g/mol. The summed E-state index contributed by atoms with van der Waals surface area (Å²) in [5.41, 5.74) is 2.42. The Bertz CT molecular complexity index is 818. The predicted octanol–water partition coefficient (Wildman–Crippen LogP) is 3.97. The molecule has 0 saturated heterocycles. The van der Waals surface area contributed by atoms with E-state index in [1.165, 1.54) is 11.1 Å². The van der Waals surface area contributed by atoms with Crippen LogP contribution in [-0.2, 0) is 13.1 Å². The fourth-order valence-corrected chi connectivity index (χ4v) is 2.64. The van der Waals surface area contributed by atoms with E-state index in [9.17, 15) is 0 Å². The second-order valence-electron chi connectivity index (χ2n) is 5.86. The van der Waals surface area contributed by atoms with Crippen molar-refractivity contribution in [3.05, 3.63) is 97.1 Å². The van der Waals surface area contributed by atoms with Gasteiger partial charge in [0.05, 0.1) is 12.7 Å². The summed E-state index contributed by atoms with van der Waals surface area (Å²) >= 11 is 0. The van der Waals surface area contributed by atoms with Crippen molar-refractivity contribution in [3.8, 4) is 11.5 Å². The van der Waals surface area contributed by atoms with Crippen LogP contribution in [0, 0.1) is 0 Å². The molecular weight excluding hydrogens is 312 g/mol. The molecule has 4 aromatic rings. The minimum Gasteiger partial charge on any atom is -0.457 e. The van der Waals surface area contributed by atoms with Crippen molar-refractivity contribution in [1.82, 2.24) is 19.1 Å². The van der Waals surface area contributed by atoms with E-state index < -0.39 is 0 Å². The molecule has 0 aliphatic rings. The lowest BCUT2D eigenvalue weighted by molar-refractivity contribution is 0.482. The maximum atomic E-state index is 5.92. The van der Waals surface area contributed by atoms with E-state index in [1.54, 1.807) is 12.4 Å². The molecule has 0 atom stereocenters. The van der Waals surface area contributed by atoms with Crippen LogP contribution in [-0.4, -0.2) is 19.1 Å². The first-order valence-electron chi connectivity index (χ1n) is 8.12. The Balaban J connectivity index is 1.38. The maximum absolute atomic E-state index is 5.92. The second-order valence-corrected chi connectivity index (χ2v) is 5.86. The highest BCUT2D eigenvalue weighted by Crippen LogP contribution is 2.22. The first-order chi connectivity index (χ1) is 12.3. The molecule has 5 heteroatoms. The largest absolute Gasteiger partial charge is 0.457 e. The lowest BCUT2D eigenvalue weighted by Crippen LogP contribution is -1.96. The molecule has 0 aliphatic carbocycles. The maximum Gasteiger partial charge on any atom is 0.127 e. The molecule has 0 N–H and O–H groups in total. The minimum absolute atomic E-state index is 0.809. The lowest BCUT2D eigenvalue weighted by atomic mass is 10.2. The molecule has 2 heterocycles. The Morgan fingerprint density at radius 2 is 1.08 bits per heavy atom. The molecule has 0 fully saturated rings. The van der Waals surface area contributed by atoms with E-state index in [4.69, 9.17) is 4.74 Å². The van der Waals surface area contributed by atoms with E-state index in [-0.39, 0.29) is 0 Å². The molecule has 0 amide bonds. The highest BCUT2D eigenvalue weighted by molar-refractivity contribution is 5.34. The van der Waals surface area contributed by atoms with Crippen molar-refractivity contribution >= 4 is 0 Å². The van der Waals surface area contributed by atoms with Crippen molar-refractivity contribution in [2.75, 3.05) is 0 Å². The standard InChI is InChI=1S/C20H18N4O/c1-5-19(6-2-17(1)13-23-11-9-21-15-23)25-20-7-3-18(4-8-20)14-24-12-10-22-16-24/h1-12,15-16H,13-14H2. The molecule has 2 aromatic heterocycles. The zero-order chi connectivity index (χ0) is 16.9. The molecule has 5 nitrogen and oxygen atoms in total. The first kappa shape index (κ1) is 15.2. The van der Waals surface area contributed by atoms with E-state index in [0.717, 1.165) is 24.6 Å². The Kier molecular flexibility index (Phi) is 4.29. The first-order valence-corrected chi connectivity index (χ1v) is 8.12. The van der Waals surface area contributed by atoms with Gasteiger partial charge in [-0.3, -0.25) is 0 Å². The van der Waals surface area contributed by atoms with E-state index in [0.29, 0.717) is 0 Å². The zero-order valence-electron chi connectivity index (χ0n) is 13.7. The molecule has 124 valence electrons. The third-order valence-electron chi connectivity index (χ3n) is 3.93. The number of hydrogen-bond acceptors (Lipinski definition) is 3. The quantitative estimate of drug-likeness (QED) is 0.537. The Hall–Kier alpha value is -3.34. The fraction of sp³-hybridized carbons (Fsp3) is 0.100. The summed E-state index contributed by atoms with van der Waals surface area (Å²) in [5.74, 6) is 1.66. The molecule has 0 radical (unpaired) electrons. The van der Waals surface area contributed by atoms with Crippen LogP contribution in [0.2, 0.25) is 0 Å². The van der Waals surface area contributed by atoms with Crippen LogP contribution in [0.1, 0.15) is 11.1 Å². The van der Waals surface area contributed by atoms with Gasteiger partial charge in [-0.25, -0.2) is 9.97 Å². The molecule has 0 spiro atoms. The number of aromatic nitrogens is 4. The normalized spacial score (nSPS) is 10.7. The molecule has 0 aliphatic heterocycles. The molecule has 4 rings (SSSR count). The summed E-state index contributed by atoms with van der Waals surface area (Å²) in [6.07, 6.45) is 11.1. The molecule has 0 bridgehead atoms. The van der Waals surface area contributed by atoms with Gasteiger partial charge in [0.1, 0.15) is 11.5 Å². The summed E-state index contributed by atoms with van der Waals surface area (Å²) in [4.78, 5) is 8.11. The van der Waals surface area contributed by atoms with Crippen LogP contribution >= 0.6 is 0 Å². The number of imidazole rings is 2. The van der Waals surface area contributed by atoms with Crippen LogP contribution in [0.4, 0.5) is 0 Å². The molecule has 0 saturated carbocycles. The summed E-state index contributed by atoms with van der Waals surface area (Å²) in [7, 11) is 0. The van der Waals surface area contributed by atoms with Crippen LogP contribution < -0.4 is 4.74 Å². The minimum atomic E-state index is 0.809. The van der Waals surface area contributed by atoms with Crippen molar-refractivity contribution in [2.45, 2.75) is 13.1 Å². The highest BCUT2D eigenvalue weighted by atomic mass is 16.5. The Labute approximate surface area is 146 Å². The Morgan fingerprint density at radius 1 is 0.640 bits per heavy atom. The monoisotopic (exact) mass is 330 g/mol. The van der Waals surface area contributed by atoms with Gasteiger partial charge in [0.2, 0.25) is 0 Å². The molecule has 25 heavy (non-hydrogen) atoms. The SMILES string of the molecule is c1cn(Cc2ccc(Oc3ccc(Cn4ccnc4)cc3)cc2)cn1. The second kappa shape index (κ2) is 7.05. The van der Waals surface area contributed by atoms with Crippen molar-refractivity contribution in [3.63, 3.8) is 0 Å². The number of ether oxygens (including phenoxy) is 1. The zero-order valence-corrected chi connectivity index (χ0v) is 13.7. The van der Waals surface area contributed by atoms with Gasteiger partial charge >= 0.3 is 0 Å². The van der Waals surface area contributed by atoms with Crippen LogP contribution in [0.25, 0.3) is 0 Å². The molecular formula is C20H18N4O. The number of nitrogens with zero attached hydrogens (tertiary/aromatic N) is 4. The van der Waals surface area contributed by atoms with Gasteiger partial charge in [-0.2, -0.15) is 0 Å². The van der Waals surface area contributed by atoms with Crippen LogP contribution in [0.5, 0.6) is 11.5 Å². The van der Waals surface area contributed by atoms with Gasteiger partial charge in [-0.1, -0.05) is 24.3 Å². The van der Waals surface area contributed by atoms with E-state index in [1.807, 2.05) is 58.4 Å². The fourth-order valence-electron chi connectivity index (χ4n) is 2.64.